The number of aliphatic carboxylic acids is 1. The molecule has 0 saturated heterocycles. The maximum absolute atomic E-state index is 13.3. The van der Waals surface area contributed by atoms with Gasteiger partial charge in [-0.2, -0.15) is 11.8 Å². The highest BCUT2D eigenvalue weighted by atomic mass is 35.5. The molecule has 1 aromatic carbocycles. The molecule has 88 valence electrons. The number of carbonyl (C=O) groups is 1. The molecule has 0 amide bonds. The van der Waals surface area contributed by atoms with Crippen LogP contribution in [0.3, 0.4) is 0 Å². The van der Waals surface area contributed by atoms with Crippen molar-refractivity contribution in [1.29, 1.82) is 0 Å². The van der Waals surface area contributed by atoms with E-state index in [2.05, 4.69) is 0 Å². The molecule has 2 nitrogen and oxygen atoms in total. The van der Waals surface area contributed by atoms with Crippen molar-refractivity contribution < 1.29 is 14.3 Å². The Balaban J connectivity index is 2.52. The van der Waals surface area contributed by atoms with E-state index in [9.17, 15) is 9.18 Å². The second-order valence-electron chi connectivity index (χ2n) is 3.45. The van der Waals surface area contributed by atoms with E-state index in [1.807, 2.05) is 0 Å². The SMILES string of the molecule is CC(CSCc1c(F)cccc1Cl)C(=O)O. The zero-order valence-electron chi connectivity index (χ0n) is 8.74. The second kappa shape index (κ2) is 6.11. The summed E-state index contributed by atoms with van der Waals surface area (Å²) in [7, 11) is 0. The van der Waals surface area contributed by atoms with Gasteiger partial charge in [0, 0.05) is 22.1 Å². The predicted octanol–water partition coefficient (Wildman–Crippen LogP) is 3.43. The fourth-order valence-electron chi connectivity index (χ4n) is 1.08. The summed E-state index contributed by atoms with van der Waals surface area (Å²) in [5.41, 5.74) is 0.437. The van der Waals surface area contributed by atoms with Gasteiger partial charge in [-0.15, -0.1) is 0 Å². The Labute approximate surface area is 103 Å². The molecule has 0 aliphatic carbocycles. The maximum atomic E-state index is 13.3. The van der Waals surface area contributed by atoms with Gasteiger partial charge in [0.1, 0.15) is 5.82 Å². The Morgan fingerprint density at radius 1 is 1.62 bits per heavy atom. The van der Waals surface area contributed by atoms with Crippen LogP contribution < -0.4 is 0 Å². The van der Waals surface area contributed by atoms with Crippen molar-refractivity contribution in [3.63, 3.8) is 0 Å². The van der Waals surface area contributed by atoms with E-state index in [1.54, 1.807) is 19.1 Å². The van der Waals surface area contributed by atoms with Crippen LogP contribution in [-0.2, 0) is 10.5 Å². The van der Waals surface area contributed by atoms with Crippen molar-refractivity contribution in [1.82, 2.24) is 0 Å². The molecule has 0 aliphatic rings. The molecular formula is C11H12ClFO2S. The smallest absolute Gasteiger partial charge is 0.307 e. The van der Waals surface area contributed by atoms with Crippen LogP contribution in [0.4, 0.5) is 4.39 Å². The minimum Gasteiger partial charge on any atom is -0.481 e. The Morgan fingerprint density at radius 2 is 2.31 bits per heavy atom. The highest BCUT2D eigenvalue weighted by Crippen LogP contribution is 2.24. The average Bonchev–Trinajstić information content (AvgIpc) is 2.22. The van der Waals surface area contributed by atoms with Crippen molar-refractivity contribution in [3.8, 4) is 0 Å². The van der Waals surface area contributed by atoms with Gasteiger partial charge in [0.15, 0.2) is 0 Å². The molecule has 16 heavy (non-hydrogen) atoms. The molecule has 1 rings (SSSR count). The molecular weight excluding hydrogens is 251 g/mol. The summed E-state index contributed by atoms with van der Waals surface area (Å²) < 4.78 is 13.3. The molecule has 0 radical (unpaired) electrons. The topological polar surface area (TPSA) is 37.3 Å². The van der Waals surface area contributed by atoms with Crippen LogP contribution in [0.15, 0.2) is 18.2 Å². The summed E-state index contributed by atoms with van der Waals surface area (Å²) in [6, 6.07) is 4.52. The maximum Gasteiger partial charge on any atom is 0.307 e. The largest absolute Gasteiger partial charge is 0.481 e. The molecule has 1 N–H and O–H groups in total. The summed E-state index contributed by atoms with van der Waals surface area (Å²) in [5.74, 6) is -0.783. The fraction of sp³-hybridized carbons (Fsp3) is 0.364. The zero-order chi connectivity index (χ0) is 12.1. The first-order valence-corrected chi connectivity index (χ1v) is 6.29. The molecule has 0 heterocycles. The molecule has 5 heteroatoms. The van der Waals surface area contributed by atoms with Crippen LogP contribution >= 0.6 is 23.4 Å². The van der Waals surface area contributed by atoms with Crippen molar-refractivity contribution >= 4 is 29.3 Å². The standard InChI is InChI=1S/C11H12ClFO2S/c1-7(11(14)15)5-16-6-8-9(12)3-2-4-10(8)13/h2-4,7H,5-6H2,1H3,(H,14,15). The Morgan fingerprint density at radius 3 is 2.88 bits per heavy atom. The average molecular weight is 263 g/mol. The third kappa shape index (κ3) is 3.68. The van der Waals surface area contributed by atoms with Gasteiger partial charge in [0.05, 0.1) is 5.92 Å². The van der Waals surface area contributed by atoms with Gasteiger partial charge in [0.25, 0.3) is 0 Å². The zero-order valence-corrected chi connectivity index (χ0v) is 10.3. The van der Waals surface area contributed by atoms with Crippen LogP contribution in [0.2, 0.25) is 5.02 Å². The van der Waals surface area contributed by atoms with Gasteiger partial charge in [-0.05, 0) is 12.1 Å². The van der Waals surface area contributed by atoms with Gasteiger partial charge in [0.2, 0.25) is 0 Å². The monoisotopic (exact) mass is 262 g/mol. The Kier molecular flexibility index (Phi) is 5.09. The summed E-state index contributed by atoms with van der Waals surface area (Å²) in [6.45, 7) is 1.62. The number of hydrogen-bond acceptors (Lipinski definition) is 2. The Bertz CT molecular complexity index is 364. The number of carboxylic acids is 1. The molecule has 0 bridgehead atoms. The third-order valence-corrected chi connectivity index (χ3v) is 3.68. The van der Waals surface area contributed by atoms with Crippen molar-refractivity contribution in [3.05, 3.63) is 34.6 Å². The number of thioether (sulfide) groups is 1. The Hall–Kier alpha value is -0.740. The van der Waals surface area contributed by atoms with E-state index < -0.39 is 11.9 Å². The molecule has 0 saturated carbocycles. The lowest BCUT2D eigenvalue weighted by molar-refractivity contribution is -0.140. The summed E-state index contributed by atoms with van der Waals surface area (Å²) in [4.78, 5) is 10.6. The van der Waals surface area contributed by atoms with E-state index in [0.29, 0.717) is 22.1 Å². The predicted molar refractivity (Wildman–Crippen MR) is 64.4 cm³/mol. The number of hydrogen-bond donors (Lipinski definition) is 1. The van der Waals surface area contributed by atoms with Gasteiger partial charge < -0.3 is 5.11 Å². The van der Waals surface area contributed by atoms with Gasteiger partial charge in [-0.3, -0.25) is 4.79 Å². The first-order valence-electron chi connectivity index (χ1n) is 4.75. The van der Waals surface area contributed by atoms with Crippen LogP contribution in [0, 0.1) is 11.7 Å². The van der Waals surface area contributed by atoms with E-state index >= 15 is 0 Å². The highest BCUT2D eigenvalue weighted by molar-refractivity contribution is 7.98. The lowest BCUT2D eigenvalue weighted by Gasteiger charge is -2.07. The molecule has 0 spiro atoms. The normalized spacial score (nSPS) is 12.4. The van der Waals surface area contributed by atoms with Gasteiger partial charge in [-0.25, -0.2) is 4.39 Å². The fourth-order valence-corrected chi connectivity index (χ4v) is 2.50. The van der Waals surface area contributed by atoms with Crippen LogP contribution in [0.5, 0.6) is 0 Å². The van der Waals surface area contributed by atoms with Crippen molar-refractivity contribution in [2.45, 2.75) is 12.7 Å². The minimum atomic E-state index is -0.841. The lowest BCUT2D eigenvalue weighted by Crippen LogP contribution is -2.11. The summed E-state index contributed by atoms with van der Waals surface area (Å²) in [5, 5.41) is 9.06. The molecule has 0 fully saturated rings. The molecule has 0 aliphatic heterocycles. The van der Waals surface area contributed by atoms with Crippen molar-refractivity contribution in [2.75, 3.05) is 5.75 Å². The molecule has 1 atom stereocenters. The van der Waals surface area contributed by atoms with Crippen LogP contribution in [0.1, 0.15) is 12.5 Å². The lowest BCUT2D eigenvalue weighted by atomic mass is 10.2. The first-order chi connectivity index (χ1) is 7.52. The first kappa shape index (κ1) is 13.3. The number of carboxylic acid groups (broad SMARTS) is 1. The van der Waals surface area contributed by atoms with Gasteiger partial charge in [-0.1, -0.05) is 24.6 Å². The molecule has 1 aromatic rings. The number of halogens is 2. The molecule has 1 unspecified atom stereocenters. The number of benzene rings is 1. The third-order valence-electron chi connectivity index (χ3n) is 2.10. The van der Waals surface area contributed by atoms with Crippen molar-refractivity contribution in [2.24, 2.45) is 5.92 Å². The second-order valence-corrected chi connectivity index (χ2v) is 4.89. The number of rotatable bonds is 5. The van der Waals surface area contributed by atoms with Crippen LogP contribution in [0.25, 0.3) is 0 Å². The van der Waals surface area contributed by atoms with E-state index in [1.165, 1.54) is 17.8 Å². The minimum absolute atomic E-state index is 0.344. The van der Waals surface area contributed by atoms with Gasteiger partial charge >= 0.3 is 5.97 Å². The van der Waals surface area contributed by atoms with E-state index in [-0.39, 0.29) is 5.82 Å². The summed E-state index contributed by atoms with van der Waals surface area (Å²) in [6.07, 6.45) is 0. The van der Waals surface area contributed by atoms with E-state index in [0.717, 1.165) is 0 Å². The highest BCUT2D eigenvalue weighted by Gasteiger charge is 2.12. The van der Waals surface area contributed by atoms with E-state index in [4.69, 9.17) is 16.7 Å². The quantitative estimate of drug-likeness (QED) is 0.883. The van der Waals surface area contributed by atoms with Crippen LogP contribution in [-0.4, -0.2) is 16.8 Å². The summed E-state index contributed by atoms with van der Waals surface area (Å²) >= 11 is 7.20. The molecule has 0 aromatic heterocycles.